The van der Waals surface area contributed by atoms with Gasteiger partial charge in [0.1, 0.15) is 0 Å². The van der Waals surface area contributed by atoms with E-state index in [4.69, 9.17) is 5.11 Å². The summed E-state index contributed by atoms with van der Waals surface area (Å²) in [6.45, 7) is 5.54. The van der Waals surface area contributed by atoms with Gasteiger partial charge < -0.3 is 5.11 Å². The Morgan fingerprint density at radius 3 is 2.41 bits per heavy atom. The zero-order valence-electron chi connectivity index (χ0n) is 10.0. The molecule has 0 radical (unpaired) electrons. The van der Waals surface area contributed by atoms with Crippen molar-refractivity contribution in [2.75, 3.05) is 0 Å². The Hall–Kier alpha value is -0.680. The van der Waals surface area contributed by atoms with Crippen molar-refractivity contribution in [3.63, 3.8) is 0 Å². The summed E-state index contributed by atoms with van der Waals surface area (Å²) in [5.74, 6) is -0.860. The second-order valence-corrected chi connectivity index (χ2v) is 6.96. The molecule has 1 rings (SSSR count). The molecule has 0 aliphatic carbocycles. The summed E-state index contributed by atoms with van der Waals surface area (Å²) in [6, 6.07) is 1.80. The van der Waals surface area contributed by atoms with Crippen LogP contribution in [0.2, 0.25) is 0 Å². The molecule has 94 valence electrons. The van der Waals surface area contributed by atoms with Gasteiger partial charge >= 0.3 is 5.97 Å². The zero-order chi connectivity index (χ0) is 13.2. The molecule has 0 saturated heterocycles. The molecule has 5 heteroatoms. The standard InChI is InChI=1S/C12H15BrO3S/c1-7-8(13)4-10(17-7)9(14)5-12(2,3)6-11(15)16/h4H,5-6H2,1-3H3,(H,15,16). The van der Waals surface area contributed by atoms with Crippen molar-refractivity contribution in [3.05, 3.63) is 20.3 Å². The van der Waals surface area contributed by atoms with Crippen LogP contribution in [0.15, 0.2) is 10.5 Å². The number of rotatable bonds is 5. The highest BCUT2D eigenvalue weighted by atomic mass is 79.9. The van der Waals surface area contributed by atoms with E-state index in [1.54, 1.807) is 19.9 Å². The van der Waals surface area contributed by atoms with Gasteiger partial charge in [-0.1, -0.05) is 13.8 Å². The maximum atomic E-state index is 12.0. The predicted octanol–water partition coefficient (Wildman–Crippen LogP) is 3.89. The van der Waals surface area contributed by atoms with Gasteiger partial charge in [0.25, 0.3) is 0 Å². The average molecular weight is 319 g/mol. The molecule has 1 aromatic rings. The lowest BCUT2D eigenvalue weighted by Gasteiger charge is -2.20. The molecule has 0 bridgehead atoms. The zero-order valence-corrected chi connectivity index (χ0v) is 12.4. The van der Waals surface area contributed by atoms with Gasteiger partial charge in [-0.25, -0.2) is 0 Å². The number of aryl methyl sites for hydroxylation is 1. The summed E-state index contributed by atoms with van der Waals surface area (Å²) in [4.78, 5) is 24.4. The van der Waals surface area contributed by atoms with Gasteiger partial charge in [-0.15, -0.1) is 11.3 Å². The summed E-state index contributed by atoms with van der Waals surface area (Å²) < 4.78 is 0.932. The molecule has 1 aromatic heterocycles. The van der Waals surface area contributed by atoms with Gasteiger partial charge in [0.05, 0.1) is 11.3 Å². The lowest BCUT2D eigenvalue weighted by Crippen LogP contribution is -2.20. The minimum Gasteiger partial charge on any atom is -0.481 e. The molecule has 0 amide bonds. The number of hydrogen-bond donors (Lipinski definition) is 1. The van der Waals surface area contributed by atoms with Gasteiger partial charge in [-0.2, -0.15) is 0 Å². The number of Topliss-reactive ketones (excluding diaryl/α,β-unsaturated/α-hetero) is 1. The normalized spacial score (nSPS) is 11.5. The maximum Gasteiger partial charge on any atom is 0.303 e. The predicted molar refractivity (Wildman–Crippen MR) is 71.7 cm³/mol. The van der Waals surface area contributed by atoms with Crippen LogP contribution in [0.1, 0.15) is 41.2 Å². The molecule has 0 saturated carbocycles. The van der Waals surface area contributed by atoms with E-state index in [9.17, 15) is 9.59 Å². The topological polar surface area (TPSA) is 54.4 Å². The first-order valence-corrected chi connectivity index (χ1v) is 6.83. The van der Waals surface area contributed by atoms with Crippen molar-refractivity contribution in [2.24, 2.45) is 5.41 Å². The number of carboxylic acid groups (broad SMARTS) is 1. The van der Waals surface area contributed by atoms with E-state index < -0.39 is 11.4 Å². The molecule has 1 heterocycles. The number of halogens is 1. The molecular weight excluding hydrogens is 304 g/mol. The quantitative estimate of drug-likeness (QED) is 0.838. The highest BCUT2D eigenvalue weighted by Gasteiger charge is 2.26. The van der Waals surface area contributed by atoms with Crippen molar-refractivity contribution < 1.29 is 14.7 Å². The van der Waals surface area contributed by atoms with Crippen LogP contribution < -0.4 is 0 Å². The van der Waals surface area contributed by atoms with Crippen LogP contribution in [-0.4, -0.2) is 16.9 Å². The van der Waals surface area contributed by atoms with Crippen LogP contribution >= 0.6 is 27.3 Å². The van der Waals surface area contributed by atoms with E-state index in [2.05, 4.69) is 15.9 Å². The third-order valence-corrected chi connectivity index (χ3v) is 4.58. The first kappa shape index (κ1) is 14.4. The fourth-order valence-electron chi connectivity index (χ4n) is 1.59. The van der Waals surface area contributed by atoms with Gasteiger partial charge in [0.15, 0.2) is 5.78 Å². The highest BCUT2D eigenvalue weighted by molar-refractivity contribution is 9.10. The van der Waals surface area contributed by atoms with Crippen LogP contribution in [0.25, 0.3) is 0 Å². The van der Waals surface area contributed by atoms with Crippen molar-refractivity contribution in [1.82, 2.24) is 0 Å². The Labute approximate surface area is 113 Å². The molecular formula is C12H15BrO3S. The Bertz CT molecular complexity index is 429. The fourth-order valence-corrected chi connectivity index (χ4v) is 3.06. The largest absolute Gasteiger partial charge is 0.481 e. The summed E-state index contributed by atoms with van der Waals surface area (Å²) in [5, 5.41) is 8.76. The molecule has 1 N–H and O–H groups in total. The minimum absolute atomic E-state index is 0.00423. The van der Waals surface area contributed by atoms with Gasteiger partial charge in [-0.05, 0) is 34.3 Å². The number of hydrogen-bond acceptors (Lipinski definition) is 3. The monoisotopic (exact) mass is 318 g/mol. The Balaban J connectivity index is 2.75. The SMILES string of the molecule is Cc1sc(C(=O)CC(C)(C)CC(=O)O)cc1Br. The minimum atomic E-state index is -0.869. The smallest absolute Gasteiger partial charge is 0.303 e. The van der Waals surface area contributed by atoms with Crippen molar-refractivity contribution in [3.8, 4) is 0 Å². The first-order chi connectivity index (χ1) is 7.71. The molecule has 0 aliphatic heterocycles. The molecule has 17 heavy (non-hydrogen) atoms. The first-order valence-electron chi connectivity index (χ1n) is 5.22. The molecule has 0 aromatic carbocycles. The highest BCUT2D eigenvalue weighted by Crippen LogP contribution is 2.31. The van der Waals surface area contributed by atoms with Crippen LogP contribution in [-0.2, 0) is 4.79 Å². The molecule has 0 fully saturated rings. The molecule has 0 atom stereocenters. The third kappa shape index (κ3) is 4.24. The van der Waals surface area contributed by atoms with Crippen LogP contribution in [0.3, 0.4) is 0 Å². The van der Waals surface area contributed by atoms with E-state index >= 15 is 0 Å². The lowest BCUT2D eigenvalue weighted by atomic mass is 9.84. The summed E-state index contributed by atoms with van der Waals surface area (Å²) in [7, 11) is 0. The van der Waals surface area contributed by atoms with Crippen LogP contribution in [0.4, 0.5) is 0 Å². The fraction of sp³-hybridized carbons (Fsp3) is 0.500. The number of carboxylic acids is 1. The average Bonchev–Trinajstić information content (AvgIpc) is 2.43. The second kappa shape index (κ2) is 5.31. The summed E-state index contributed by atoms with van der Waals surface area (Å²) >= 11 is 4.81. The van der Waals surface area contributed by atoms with Gasteiger partial charge in [-0.3, -0.25) is 9.59 Å². The summed E-state index contributed by atoms with van der Waals surface area (Å²) in [6.07, 6.45) is 0.260. The second-order valence-electron chi connectivity index (χ2n) is 4.85. The Morgan fingerprint density at radius 1 is 1.41 bits per heavy atom. The third-order valence-electron chi connectivity index (χ3n) is 2.40. The Kier molecular flexibility index (Phi) is 4.49. The number of ketones is 1. The van der Waals surface area contributed by atoms with Crippen LogP contribution in [0.5, 0.6) is 0 Å². The molecule has 0 unspecified atom stereocenters. The van der Waals surface area contributed by atoms with E-state index in [0.717, 1.165) is 9.35 Å². The van der Waals surface area contributed by atoms with Gasteiger partial charge in [0.2, 0.25) is 0 Å². The van der Waals surface area contributed by atoms with E-state index in [0.29, 0.717) is 4.88 Å². The van der Waals surface area contributed by atoms with E-state index in [1.165, 1.54) is 11.3 Å². The number of carbonyl (C=O) groups excluding carboxylic acids is 1. The molecule has 3 nitrogen and oxygen atoms in total. The molecule has 0 spiro atoms. The van der Waals surface area contributed by atoms with E-state index in [-0.39, 0.29) is 18.6 Å². The van der Waals surface area contributed by atoms with Crippen LogP contribution in [0, 0.1) is 12.3 Å². The number of thiophene rings is 1. The maximum absolute atomic E-state index is 12.0. The van der Waals surface area contributed by atoms with Gasteiger partial charge in [0, 0.05) is 15.8 Å². The van der Waals surface area contributed by atoms with Crippen molar-refractivity contribution >= 4 is 39.0 Å². The Morgan fingerprint density at radius 2 is 2.00 bits per heavy atom. The lowest BCUT2D eigenvalue weighted by molar-refractivity contribution is -0.139. The number of carbonyl (C=O) groups is 2. The van der Waals surface area contributed by atoms with Crippen molar-refractivity contribution in [2.45, 2.75) is 33.6 Å². The van der Waals surface area contributed by atoms with E-state index in [1.807, 2.05) is 6.92 Å². The van der Waals surface area contributed by atoms with Crippen molar-refractivity contribution in [1.29, 1.82) is 0 Å². The number of aliphatic carboxylic acids is 1. The summed E-state index contributed by atoms with van der Waals surface area (Å²) in [5.41, 5.74) is -0.507. The molecule has 0 aliphatic rings.